The number of benzene rings is 1. The maximum Gasteiger partial charge on any atom is 0.314 e. The van der Waals surface area contributed by atoms with Gasteiger partial charge in [-0.2, -0.15) is 0 Å². The second kappa shape index (κ2) is 8.68. The van der Waals surface area contributed by atoms with Crippen LogP contribution in [0.1, 0.15) is 13.3 Å². The van der Waals surface area contributed by atoms with E-state index in [1.54, 1.807) is 19.2 Å². The van der Waals surface area contributed by atoms with Crippen molar-refractivity contribution < 1.29 is 24.2 Å². The standard InChI is InChI=1S/C14H20N2O5/c1-10(9-16-14(19)15-8-7-13(17)18)21-12-6-4-3-5-11(12)20-2/h3-6,10H,7-9H2,1-2H3,(H,17,18)(H2,15,16,19). The van der Waals surface area contributed by atoms with Gasteiger partial charge in [0.2, 0.25) is 0 Å². The van der Waals surface area contributed by atoms with E-state index in [1.807, 2.05) is 19.1 Å². The molecule has 0 aliphatic heterocycles. The zero-order chi connectivity index (χ0) is 15.7. The minimum absolute atomic E-state index is 0.0862. The van der Waals surface area contributed by atoms with Crippen molar-refractivity contribution in [1.29, 1.82) is 0 Å². The Hall–Kier alpha value is -2.44. The van der Waals surface area contributed by atoms with E-state index >= 15 is 0 Å². The van der Waals surface area contributed by atoms with Crippen LogP contribution in [0.3, 0.4) is 0 Å². The van der Waals surface area contributed by atoms with Crippen LogP contribution in [-0.4, -0.2) is 43.4 Å². The average Bonchev–Trinajstić information content (AvgIpc) is 2.45. The van der Waals surface area contributed by atoms with E-state index in [2.05, 4.69) is 10.6 Å². The first kappa shape index (κ1) is 16.6. The molecule has 0 aromatic heterocycles. The number of hydrogen-bond donors (Lipinski definition) is 3. The fraction of sp³-hybridized carbons (Fsp3) is 0.429. The number of rotatable bonds is 8. The third-order valence-electron chi connectivity index (χ3n) is 2.57. The summed E-state index contributed by atoms with van der Waals surface area (Å²) in [5, 5.41) is 13.5. The van der Waals surface area contributed by atoms with Gasteiger partial charge in [-0.25, -0.2) is 4.79 Å². The third-order valence-corrected chi connectivity index (χ3v) is 2.57. The zero-order valence-corrected chi connectivity index (χ0v) is 12.1. The van der Waals surface area contributed by atoms with Gasteiger partial charge in [0.1, 0.15) is 6.10 Å². The Morgan fingerprint density at radius 3 is 2.52 bits per heavy atom. The highest BCUT2D eigenvalue weighted by molar-refractivity contribution is 5.74. The summed E-state index contributed by atoms with van der Waals surface area (Å²) >= 11 is 0. The summed E-state index contributed by atoms with van der Waals surface area (Å²) in [7, 11) is 1.56. The van der Waals surface area contributed by atoms with Crippen LogP contribution in [0, 0.1) is 0 Å². The van der Waals surface area contributed by atoms with E-state index in [0.29, 0.717) is 11.5 Å². The SMILES string of the molecule is COc1ccccc1OC(C)CNC(=O)NCCC(=O)O. The summed E-state index contributed by atoms with van der Waals surface area (Å²) in [5.74, 6) is 0.263. The number of urea groups is 1. The van der Waals surface area contributed by atoms with Gasteiger partial charge in [0, 0.05) is 6.54 Å². The van der Waals surface area contributed by atoms with E-state index in [0.717, 1.165) is 0 Å². The van der Waals surface area contributed by atoms with Crippen molar-refractivity contribution in [3.05, 3.63) is 24.3 Å². The molecule has 0 radical (unpaired) electrons. The van der Waals surface area contributed by atoms with Gasteiger partial charge >= 0.3 is 12.0 Å². The largest absolute Gasteiger partial charge is 0.493 e. The second-order valence-corrected chi connectivity index (χ2v) is 4.36. The molecule has 0 fully saturated rings. The summed E-state index contributed by atoms with van der Waals surface area (Å²) in [6.07, 6.45) is -0.368. The highest BCUT2D eigenvalue weighted by Crippen LogP contribution is 2.26. The molecule has 1 aromatic rings. The molecule has 116 valence electrons. The van der Waals surface area contributed by atoms with Gasteiger partial charge in [0.05, 0.1) is 20.1 Å². The van der Waals surface area contributed by atoms with Crippen molar-refractivity contribution in [1.82, 2.24) is 10.6 Å². The second-order valence-electron chi connectivity index (χ2n) is 4.36. The van der Waals surface area contributed by atoms with Gasteiger partial charge < -0.3 is 25.2 Å². The molecule has 7 nitrogen and oxygen atoms in total. The molecule has 1 aromatic carbocycles. The van der Waals surface area contributed by atoms with Crippen LogP contribution in [0.4, 0.5) is 4.79 Å². The molecular formula is C14H20N2O5. The molecule has 7 heteroatoms. The lowest BCUT2D eigenvalue weighted by atomic mass is 10.3. The van der Waals surface area contributed by atoms with Gasteiger partial charge in [-0.3, -0.25) is 4.79 Å². The molecular weight excluding hydrogens is 276 g/mol. The van der Waals surface area contributed by atoms with Crippen molar-refractivity contribution in [2.75, 3.05) is 20.2 Å². The molecule has 1 atom stereocenters. The maximum atomic E-state index is 11.4. The molecule has 3 N–H and O–H groups in total. The molecule has 0 saturated heterocycles. The number of hydrogen-bond acceptors (Lipinski definition) is 4. The van der Waals surface area contributed by atoms with Gasteiger partial charge in [0.25, 0.3) is 0 Å². The Labute approximate surface area is 123 Å². The molecule has 0 spiro atoms. The predicted molar refractivity (Wildman–Crippen MR) is 76.7 cm³/mol. The minimum Gasteiger partial charge on any atom is -0.493 e. The Kier molecular flexibility index (Phi) is 6.86. The smallest absolute Gasteiger partial charge is 0.314 e. The molecule has 1 rings (SSSR count). The highest BCUT2D eigenvalue weighted by atomic mass is 16.5. The molecule has 0 bridgehead atoms. The zero-order valence-electron chi connectivity index (χ0n) is 12.1. The molecule has 0 heterocycles. The van der Waals surface area contributed by atoms with Crippen molar-refractivity contribution >= 4 is 12.0 Å². The third kappa shape index (κ3) is 6.51. The number of nitrogens with one attached hydrogen (secondary N) is 2. The van der Waals surface area contributed by atoms with Gasteiger partial charge in [-0.1, -0.05) is 12.1 Å². The predicted octanol–water partition coefficient (Wildman–Crippen LogP) is 1.24. The highest BCUT2D eigenvalue weighted by Gasteiger charge is 2.10. The number of carboxylic acids is 1. The Morgan fingerprint density at radius 2 is 1.90 bits per heavy atom. The number of carboxylic acid groups (broad SMARTS) is 1. The van der Waals surface area contributed by atoms with Gasteiger partial charge in [0.15, 0.2) is 11.5 Å². The molecule has 0 aliphatic rings. The number of amides is 2. The molecule has 1 unspecified atom stereocenters. The summed E-state index contributed by atoms with van der Waals surface area (Å²) in [5.41, 5.74) is 0. The topological polar surface area (TPSA) is 96.9 Å². The Balaban J connectivity index is 2.32. The molecule has 21 heavy (non-hydrogen) atoms. The van der Waals surface area contributed by atoms with E-state index < -0.39 is 12.0 Å². The van der Waals surface area contributed by atoms with Crippen LogP contribution in [0.25, 0.3) is 0 Å². The molecule has 0 aliphatic carbocycles. The van der Waals surface area contributed by atoms with E-state index in [-0.39, 0.29) is 25.6 Å². The summed E-state index contributed by atoms with van der Waals surface area (Å²) in [6, 6.07) is 6.81. The summed E-state index contributed by atoms with van der Waals surface area (Å²) in [4.78, 5) is 21.7. The van der Waals surface area contributed by atoms with Gasteiger partial charge in [-0.15, -0.1) is 0 Å². The van der Waals surface area contributed by atoms with Crippen molar-refractivity contribution in [3.63, 3.8) is 0 Å². The van der Waals surface area contributed by atoms with Crippen molar-refractivity contribution in [2.45, 2.75) is 19.4 Å². The first-order valence-electron chi connectivity index (χ1n) is 6.56. The number of methoxy groups -OCH3 is 1. The molecule has 0 saturated carbocycles. The van der Waals surface area contributed by atoms with Crippen LogP contribution in [0.2, 0.25) is 0 Å². The Bertz CT molecular complexity index is 478. The normalized spacial score (nSPS) is 11.3. The lowest BCUT2D eigenvalue weighted by Crippen LogP contribution is -2.41. The van der Waals surface area contributed by atoms with Crippen LogP contribution in [0.15, 0.2) is 24.3 Å². The van der Waals surface area contributed by atoms with Crippen LogP contribution < -0.4 is 20.1 Å². The average molecular weight is 296 g/mol. The quantitative estimate of drug-likeness (QED) is 0.670. The van der Waals surface area contributed by atoms with Crippen molar-refractivity contribution in [2.24, 2.45) is 0 Å². The number of carbonyl (C=O) groups excluding carboxylic acids is 1. The fourth-order valence-corrected chi connectivity index (χ4v) is 1.56. The molecule has 2 amide bonds. The van der Waals surface area contributed by atoms with Crippen LogP contribution >= 0.6 is 0 Å². The fourth-order valence-electron chi connectivity index (χ4n) is 1.56. The number of ether oxygens (including phenoxy) is 2. The lowest BCUT2D eigenvalue weighted by molar-refractivity contribution is -0.136. The number of aliphatic carboxylic acids is 1. The first-order chi connectivity index (χ1) is 10.0. The van der Waals surface area contributed by atoms with E-state index in [4.69, 9.17) is 14.6 Å². The summed E-state index contributed by atoms with van der Waals surface area (Å²) in [6.45, 7) is 2.18. The summed E-state index contributed by atoms with van der Waals surface area (Å²) < 4.78 is 10.8. The Morgan fingerprint density at radius 1 is 1.24 bits per heavy atom. The van der Waals surface area contributed by atoms with Crippen molar-refractivity contribution in [3.8, 4) is 11.5 Å². The monoisotopic (exact) mass is 296 g/mol. The maximum absolute atomic E-state index is 11.4. The number of para-hydroxylation sites is 2. The van der Waals surface area contributed by atoms with Gasteiger partial charge in [-0.05, 0) is 19.1 Å². The van der Waals surface area contributed by atoms with E-state index in [9.17, 15) is 9.59 Å². The number of carbonyl (C=O) groups is 2. The first-order valence-corrected chi connectivity index (χ1v) is 6.56. The van der Waals surface area contributed by atoms with E-state index in [1.165, 1.54) is 0 Å². The minimum atomic E-state index is -0.955. The van der Waals surface area contributed by atoms with Crippen LogP contribution in [0.5, 0.6) is 11.5 Å². The van der Waals surface area contributed by atoms with Crippen LogP contribution in [-0.2, 0) is 4.79 Å². The lowest BCUT2D eigenvalue weighted by Gasteiger charge is -2.17.